The normalized spacial score (nSPS) is 10.9. The predicted octanol–water partition coefficient (Wildman–Crippen LogP) is 1.33. The van der Waals surface area contributed by atoms with Crippen molar-refractivity contribution < 1.29 is 9.18 Å². The summed E-state index contributed by atoms with van der Waals surface area (Å²) < 4.78 is 15.9. The van der Waals surface area contributed by atoms with Crippen molar-refractivity contribution in [1.29, 1.82) is 0 Å². The molecule has 0 radical (unpaired) electrons. The summed E-state index contributed by atoms with van der Waals surface area (Å²) in [5, 5.41) is 2.59. The molecule has 3 aromatic rings. The van der Waals surface area contributed by atoms with Gasteiger partial charge in [0.1, 0.15) is 11.5 Å². The second-order valence-electron chi connectivity index (χ2n) is 5.74. The Kier molecular flexibility index (Phi) is 3.96. The fourth-order valence-electron chi connectivity index (χ4n) is 2.52. The van der Waals surface area contributed by atoms with Crippen LogP contribution in [0, 0.1) is 12.7 Å². The predicted molar refractivity (Wildman–Crippen MR) is 91.3 cm³/mol. The van der Waals surface area contributed by atoms with E-state index in [2.05, 4.69) is 10.3 Å². The van der Waals surface area contributed by atoms with Gasteiger partial charge >= 0.3 is 5.69 Å². The molecule has 0 unspecified atom stereocenters. The Balaban J connectivity index is 2.07. The monoisotopic (exact) mass is 342 g/mol. The number of nitrogens with zero attached hydrogens (tertiary/aromatic N) is 3. The lowest BCUT2D eigenvalue weighted by Gasteiger charge is -2.09. The van der Waals surface area contributed by atoms with Crippen molar-refractivity contribution in [1.82, 2.24) is 14.1 Å². The number of rotatable bonds is 2. The summed E-state index contributed by atoms with van der Waals surface area (Å²) in [6.07, 6.45) is 1.24. The van der Waals surface area contributed by atoms with Gasteiger partial charge in [-0.15, -0.1) is 0 Å². The number of pyridine rings is 1. The van der Waals surface area contributed by atoms with Gasteiger partial charge in [-0.3, -0.25) is 18.7 Å². The van der Waals surface area contributed by atoms with Crippen LogP contribution in [0.15, 0.2) is 40.1 Å². The molecule has 128 valence electrons. The zero-order valence-electron chi connectivity index (χ0n) is 13.8. The Morgan fingerprint density at radius 3 is 2.60 bits per heavy atom. The molecule has 7 nitrogen and oxygen atoms in total. The van der Waals surface area contributed by atoms with Crippen LogP contribution in [0.25, 0.3) is 11.0 Å². The fraction of sp³-hybridized carbons (Fsp3) is 0.176. The van der Waals surface area contributed by atoms with Gasteiger partial charge in [0.25, 0.3) is 11.5 Å². The molecule has 0 aliphatic carbocycles. The Bertz CT molecular complexity index is 1130. The Hall–Kier alpha value is -3.29. The first-order chi connectivity index (χ1) is 11.8. The quantitative estimate of drug-likeness (QED) is 0.761. The van der Waals surface area contributed by atoms with Gasteiger partial charge in [-0.2, -0.15) is 0 Å². The molecular weight excluding hydrogens is 327 g/mol. The van der Waals surface area contributed by atoms with Crippen LogP contribution < -0.4 is 16.6 Å². The molecule has 3 rings (SSSR count). The largest absolute Gasteiger partial charge is 0.332 e. The van der Waals surface area contributed by atoms with E-state index in [4.69, 9.17) is 0 Å². The standard InChI is InChI=1S/C17H15FN4O3/c1-9-4-5-12(18)13(6-9)20-15(23)10-7-11-14(19-8-10)21(2)17(25)22(3)16(11)24/h4-8H,1-3H3,(H,20,23). The van der Waals surface area contributed by atoms with Crippen molar-refractivity contribution in [3.63, 3.8) is 0 Å². The highest BCUT2D eigenvalue weighted by Gasteiger charge is 2.15. The summed E-state index contributed by atoms with van der Waals surface area (Å²) in [7, 11) is 2.83. The highest BCUT2D eigenvalue weighted by atomic mass is 19.1. The van der Waals surface area contributed by atoms with Gasteiger partial charge in [0.05, 0.1) is 16.6 Å². The van der Waals surface area contributed by atoms with E-state index in [0.29, 0.717) is 0 Å². The van der Waals surface area contributed by atoms with Crippen molar-refractivity contribution in [3.8, 4) is 0 Å². The second-order valence-corrected chi connectivity index (χ2v) is 5.74. The molecule has 0 fully saturated rings. The third-order valence-electron chi connectivity index (χ3n) is 3.93. The number of halogens is 1. The van der Waals surface area contributed by atoms with Crippen LogP contribution >= 0.6 is 0 Å². The molecule has 0 aliphatic rings. The lowest BCUT2D eigenvalue weighted by atomic mass is 10.2. The first kappa shape index (κ1) is 16.6. The summed E-state index contributed by atoms with van der Waals surface area (Å²) in [6, 6.07) is 5.69. The van der Waals surface area contributed by atoms with E-state index in [0.717, 1.165) is 10.1 Å². The maximum Gasteiger partial charge on any atom is 0.332 e. The van der Waals surface area contributed by atoms with Crippen molar-refractivity contribution in [2.24, 2.45) is 14.1 Å². The molecule has 0 saturated heterocycles. The van der Waals surface area contributed by atoms with Crippen LogP contribution in [0.2, 0.25) is 0 Å². The number of nitrogens with one attached hydrogen (secondary N) is 1. The van der Waals surface area contributed by atoms with Crippen LogP contribution in [0.1, 0.15) is 15.9 Å². The number of aromatic nitrogens is 3. The van der Waals surface area contributed by atoms with Gasteiger partial charge in [-0.1, -0.05) is 6.07 Å². The summed E-state index contributed by atoms with van der Waals surface area (Å²) in [4.78, 5) is 40.6. The van der Waals surface area contributed by atoms with Crippen LogP contribution in [0.3, 0.4) is 0 Å². The van der Waals surface area contributed by atoms with Crippen LogP contribution in [0.4, 0.5) is 10.1 Å². The maximum atomic E-state index is 13.8. The summed E-state index contributed by atoms with van der Waals surface area (Å²) in [6.45, 7) is 1.77. The van der Waals surface area contributed by atoms with E-state index in [1.165, 1.54) is 43.1 Å². The van der Waals surface area contributed by atoms with E-state index in [1.807, 2.05) is 0 Å². The molecule has 0 saturated carbocycles. The average Bonchev–Trinajstić information content (AvgIpc) is 2.60. The number of carbonyl (C=O) groups excluding carboxylic acids is 1. The minimum atomic E-state index is -0.602. The summed E-state index contributed by atoms with van der Waals surface area (Å²) in [5.41, 5.74) is 0.0252. The molecule has 25 heavy (non-hydrogen) atoms. The lowest BCUT2D eigenvalue weighted by molar-refractivity contribution is 0.102. The molecule has 1 N–H and O–H groups in total. The highest BCUT2D eigenvalue weighted by Crippen LogP contribution is 2.17. The molecule has 0 aliphatic heterocycles. The van der Waals surface area contributed by atoms with Crippen LogP contribution in [-0.2, 0) is 14.1 Å². The van der Waals surface area contributed by atoms with E-state index in [-0.39, 0.29) is 22.3 Å². The van der Waals surface area contributed by atoms with Gasteiger partial charge in [-0.25, -0.2) is 14.2 Å². The third kappa shape index (κ3) is 2.82. The number of anilines is 1. The van der Waals surface area contributed by atoms with Gasteiger partial charge < -0.3 is 5.32 Å². The zero-order valence-corrected chi connectivity index (χ0v) is 13.8. The SMILES string of the molecule is Cc1ccc(F)c(NC(=O)c2cnc3c(c2)c(=O)n(C)c(=O)n3C)c1. The van der Waals surface area contributed by atoms with Crippen LogP contribution in [0.5, 0.6) is 0 Å². The zero-order chi connectivity index (χ0) is 18.3. The molecule has 0 spiro atoms. The average molecular weight is 342 g/mol. The third-order valence-corrected chi connectivity index (χ3v) is 3.93. The highest BCUT2D eigenvalue weighted by molar-refractivity contribution is 6.05. The molecule has 1 aromatic carbocycles. The number of fused-ring (bicyclic) bond motifs is 1. The molecule has 2 aromatic heterocycles. The minimum absolute atomic E-state index is 0.0402. The fourth-order valence-corrected chi connectivity index (χ4v) is 2.52. The number of aryl methyl sites for hydroxylation is 2. The van der Waals surface area contributed by atoms with Crippen molar-refractivity contribution in [3.05, 3.63) is 68.2 Å². The second kappa shape index (κ2) is 5.97. The summed E-state index contributed by atoms with van der Waals surface area (Å²) in [5.74, 6) is -1.17. The maximum absolute atomic E-state index is 13.8. The van der Waals surface area contributed by atoms with E-state index >= 15 is 0 Å². The number of hydrogen-bond donors (Lipinski definition) is 1. The topological polar surface area (TPSA) is 86.0 Å². The van der Waals surface area contributed by atoms with Crippen LogP contribution in [-0.4, -0.2) is 20.0 Å². The van der Waals surface area contributed by atoms with Gasteiger partial charge in [0.2, 0.25) is 0 Å². The smallest absolute Gasteiger partial charge is 0.319 e. The number of hydrogen-bond acceptors (Lipinski definition) is 4. The Morgan fingerprint density at radius 2 is 1.88 bits per heavy atom. The Labute approximate surface area is 141 Å². The molecule has 0 atom stereocenters. The van der Waals surface area contributed by atoms with E-state index in [9.17, 15) is 18.8 Å². The molecular formula is C17H15FN4O3. The minimum Gasteiger partial charge on any atom is -0.319 e. The first-order valence-electron chi connectivity index (χ1n) is 7.43. The number of benzene rings is 1. The molecule has 0 bridgehead atoms. The van der Waals surface area contributed by atoms with Crippen molar-refractivity contribution in [2.75, 3.05) is 5.32 Å². The van der Waals surface area contributed by atoms with E-state index < -0.39 is 23.0 Å². The van der Waals surface area contributed by atoms with E-state index in [1.54, 1.807) is 13.0 Å². The van der Waals surface area contributed by atoms with Crippen molar-refractivity contribution in [2.45, 2.75) is 6.92 Å². The molecule has 2 heterocycles. The van der Waals surface area contributed by atoms with Gasteiger partial charge in [-0.05, 0) is 30.7 Å². The Morgan fingerprint density at radius 1 is 1.16 bits per heavy atom. The molecule has 1 amide bonds. The molecule has 8 heteroatoms. The van der Waals surface area contributed by atoms with Gasteiger partial charge in [0.15, 0.2) is 0 Å². The van der Waals surface area contributed by atoms with Crippen molar-refractivity contribution >= 4 is 22.6 Å². The lowest BCUT2D eigenvalue weighted by Crippen LogP contribution is -2.37. The first-order valence-corrected chi connectivity index (χ1v) is 7.43. The summed E-state index contributed by atoms with van der Waals surface area (Å²) >= 11 is 0. The number of amides is 1. The number of carbonyl (C=O) groups is 1. The van der Waals surface area contributed by atoms with Gasteiger partial charge in [0, 0.05) is 20.3 Å².